The first-order chi connectivity index (χ1) is 7.88. The molecule has 0 unspecified atom stereocenters. The van der Waals surface area contributed by atoms with Crippen LogP contribution in [0.5, 0.6) is 5.75 Å². The summed E-state index contributed by atoms with van der Waals surface area (Å²) in [6.45, 7) is 3.98. The van der Waals surface area contributed by atoms with Crippen molar-refractivity contribution in [1.29, 1.82) is 0 Å². The van der Waals surface area contributed by atoms with E-state index in [2.05, 4.69) is 15.9 Å². The van der Waals surface area contributed by atoms with Crippen molar-refractivity contribution < 1.29 is 13.2 Å². The van der Waals surface area contributed by atoms with Crippen LogP contribution in [0.3, 0.4) is 0 Å². The summed E-state index contributed by atoms with van der Waals surface area (Å²) in [5.74, 6) is 0.303. The van der Waals surface area contributed by atoms with E-state index in [-0.39, 0.29) is 11.0 Å². The standard InChI is InChI=1S/C11H14BrClO3S/c1-3-9(4-2)16-10-6-5-8(12)7-11(10)17(13,14)15/h5-7,9H,3-4H2,1-2H3. The minimum Gasteiger partial charge on any atom is -0.489 e. The van der Waals surface area contributed by atoms with E-state index in [9.17, 15) is 8.42 Å². The van der Waals surface area contributed by atoms with Gasteiger partial charge in [0.2, 0.25) is 0 Å². The van der Waals surface area contributed by atoms with Crippen molar-refractivity contribution in [2.45, 2.75) is 37.7 Å². The lowest BCUT2D eigenvalue weighted by Crippen LogP contribution is -2.15. The molecular formula is C11H14BrClO3S. The van der Waals surface area contributed by atoms with Crippen LogP contribution in [-0.2, 0) is 9.05 Å². The third-order valence-electron chi connectivity index (χ3n) is 2.37. The molecule has 3 nitrogen and oxygen atoms in total. The van der Waals surface area contributed by atoms with E-state index in [1.54, 1.807) is 12.1 Å². The van der Waals surface area contributed by atoms with Crippen LogP contribution in [-0.4, -0.2) is 14.5 Å². The first-order valence-electron chi connectivity index (χ1n) is 5.29. The zero-order valence-electron chi connectivity index (χ0n) is 9.61. The normalized spacial score (nSPS) is 11.8. The van der Waals surface area contributed by atoms with Gasteiger partial charge in [0.05, 0.1) is 6.10 Å². The number of ether oxygens (including phenoxy) is 1. The van der Waals surface area contributed by atoms with Gasteiger partial charge >= 0.3 is 0 Å². The van der Waals surface area contributed by atoms with Crippen LogP contribution in [0.15, 0.2) is 27.6 Å². The predicted octanol–water partition coefficient (Wildman–Crippen LogP) is 3.94. The highest BCUT2D eigenvalue weighted by molar-refractivity contribution is 9.10. The molecule has 0 saturated heterocycles. The Hall–Kier alpha value is -0.260. The van der Waals surface area contributed by atoms with E-state index < -0.39 is 9.05 Å². The second-order valence-corrected chi connectivity index (χ2v) is 7.04. The molecule has 1 aromatic carbocycles. The second kappa shape index (κ2) is 6.07. The largest absolute Gasteiger partial charge is 0.489 e. The van der Waals surface area contributed by atoms with Gasteiger partial charge in [-0.3, -0.25) is 0 Å². The molecule has 0 N–H and O–H groups in total. The average molecular weight is 342 g/mol. The lowest BCUT2D eigenvalue weighted by molar-refractivity contribution is 0.188. The fourth-order valence-corrected chi connectivity index (χ4v) is 2.90. The number of hydrogen-bond donors (Lipinski definition) is 0. The maximum atomic E-state index is 11.4. The summed E-state index contributed by atoms with van der Waals surface area (Å²) in [6, 6.07) is 4.78. The molecule has 17 heavy (non-hydrogen) atoms. The van der Waals surface area contributed by atoms with E-state index in [0.29, 0.717) is 10.2 Å². The second-order valence-electron chi connectivity index (χ2n) is 3.59. The Morgan fingerprint density at radius 2 is 1.94 bits per heavy atom. The third-order valence-corrected chi connectivity index (χ3v) is 4.21. The van der Waals surface area contributed by atoms with E-state index in [4.69, 9.17) is 15.4 Å². The summed E-state index contributed by atoms with van der Waals surface area (Å²) >= 11 is 3.21. The van der Waals surface area contributed by atoms with E-state index in [0.717, 1.165) is 12.8 Å². The molecule has 0 aliphatic carbocycles. The van der Waals surface area contributed by atoms with Crippen molar-refractivity contribution in [3.8, 4) is 5.75 Å². The number of rotatable bonds is 5. The van der Waals surface area contributed by atoms with E-state index in [1.807, 2.05) is 13.8 Å². The van der Waals surface area contributed by atoms with Crippen LogP contribution in [0, 0.1) is 0 Å². The number of hydrogen-bond acceptors (Lipinski definition) is 3. The van der Waals surface area contributed by atoms with Crippen LogP contribution in [0.1, 0.15) is 26.7 Å². The highest BCUT2D eigenvalue weighted by atomic mass is 79.9. The lowest BCUT2D eigenvalue weighted by Gasteiger charge is -2.17. The summed E-state index contributed by atoms with van der Waals surface area (Å²) in [6.07, 6.45) is 1.62. The van der Waals surface area contributed by atoms with Gasteiger partial charge in [-0.05, 0) is 31.0 Å². The Morgan fingerprint density at radius 1 is 1.35 bits per heavy atom. The molecule has 1 rings (SSSR count). The van der Waals surface area contributed by atoms with Gasteiger partial charge in [0.1, 0.15) is 10.6 Å². The smallest absolute Gasteiger partial charge is 0.265 e. The summed E-state index contributed by atoms with van der Waals surface area (Å²) in [5.41, 5.74) is 0. The molecule has 0 spiro atoms. The van der Waals surface area contributed by atoms with Crippen molar-refractivity contribution in [1.82, 2.24) is 0 Å². The number of halogens is 2. The maximum absolute atomic E-state index is 11.4. The van der Waals surface area contributed by atoms with Crippen LogP contribution >= 0.6 is 26.6 Å². The minimum absolute atomic E-state index is 0.000409. The van der Waals surface area contributed by atoms with Crippen LogP contribution in [0.2, 0.25) is 0 Å². The van der Waals surface area contributed by atoms with E-state index in [1.165, 1.54) is 6.07 Å². The van der Waals surface area contributed by atoms with Gasteiger partial charge in [0.15, 0.2) is 0 Å². The molecular weight excluding hydrogens is 328 g/mol. The molecule has 0 radical (unpaired) electrons. The average Bonchev–Trinajstić information content (AvgIpc) is 2.26. The minimum atomic E-state index is -3.80. The van der Waals surface area contributed by atoms with Gasteiger partial charge < -0.3 is 4.74 Å². The maximum Gasteiger partial charge on any atom is 0.265 e. The molecule has 0 aromatic heterocycles. The topological polar surface area (TPSA) is 43.4 Å². The Morgan fingerprint density at radius 3 is 2.41 bits per heavy atom. The molecule has 0 heterocycles. The fourth-order valence-electron chi connectivity index (χ4n) is 1.40. The Labute approximate surface area is 115 Å². The zero-order chi connectivity index (χ0) is 13.1. The first-order valence-corrected chi connectivity index (χ1v) is 8.39. The summed E-state index contributed by atoms with van der Waals surface area (Å²) < 4.78 is 29.1. The highest BCUT2D eigenvalue weighted by Crippen LogP contribution is 2.31. The Kier molecular flexibility index (Phi) is 5.28. The third kappa shape index (κ3) is 4.16. The SMILES string of the molecule is CCC(CC)Oc1ccc(Br)cc1S(=O)(=O)Cl. The van der Waals surface area contributed by atoms with Gasteiger partial charge in [-0.15, -0.1) is 0 Å². The Bertz CT molecular complexity index is 483. The van der Waals surface area contributed by atoms with Crippen LogP contribution in [0.25, 0.3) is 0 Å². The van der Waals surface area contributed by atoms with Crippen molar-refractivity contribution in [2.24, 2.45) is 0 Å². The zero-order valence-corrected chi connectivity index (χ0v) is 12.8. The van der Waals surface area contributed by atoms with Crippen molar-refractivity contribution in [3.05, 3.63) is 22.7 Å². The molecule has 0 bridgehead atoms. The molecule has 0 aliphatic heterocycles. The Balaban J connectivity index is 3.16. The molecule has 0 saturated carbocycles. The van der Waals surface area contributed by atoms with Crippen molar-refractivity contribution in [2.75, 3.05) is 0 Å². The monoisotopic (exact) mass is 340 g/mol. The molecule has 1 aromatic rings. The van der Waals surface area contributed by atoms with Gasteiger partial charge in [-0.1, -0.05) is 29.8 Å². The van der Waals surface area contributed by atoms with Gasteiger partial charge in [-0.25, -0.2) is 8.42 Å². The number of benzene rings is 1. The quantitative estimate of drug-likeness (QED) is 0.762. The molecule has 0 aliphatic rings. The molecule has 6 heteroatoms. The van der Waals surface area contributed by atoms with Crippen LogP contribution in [0.4, 0.5) is 0 Å². The van der Waals surface area contributed by atoms with Gasteiger partial charge in [-0.2, -0.15) is 0 Å². The van der Waals surface area contributed by atoms with Gasteiger partial charge in [0, 0.05) is 15.2 Å². The molecule has 0 amide bonds. The lowest BCUT2D eigenvalue weighted by atomic mass is 10.2. The summed E-state index contributed by atoms with van der Waals surface area (Å²) in [4.78, 5) is 0.000409. The van der Waals surface area contributed by atoms with Crippen molar-refractivity contribution >= 4 is 35.7 Å². The molecule has 0 fully saturated rings. The molecule has 0 atom stereocenters. The predicted molar refractivity (Wildman–Crippen MR) is 72.2 cm³/mol. The fraction of sp³-hybridized carbons (Fsp3) is 0.455. The first kappa shape index (κ1) is 14.8. The molecule has 96 valence electrons. The van der Waals surface area contributed by atoms with E-state index >= 15 is 0 Å². The summed E-state index contributed by atoms with van der Waals surface area (Å²) in [5, 5.41) is 0. The summed E-state index contributed by atoms with van der Waals surface area (Å²) in [7, 11) is 1.58. The highest BCUT2D eigenvalue weighted by Gasteiger charge is 2.19. The van der Waals surface area contributed by atoms with Crippen LogP contribution < -0.4 is 4.74 Å². The van der Waals surface area contributed by atoms with Gasteiger partial charge in [0.25, 0.3) is 9.05 Å². The van der Waals surface area contributed by atoms with Crippen molar-refractivity contribution in [3.63, 3.8) is 0 Å².